The van der Waals surface area contributed by atoms with E-state index in [2.05, 4.69) is 5.32 Å². The van der Waals surface area contributed by atoms with E-state index in [1.165, 1.54) is 0 Å². The smallest absolute Gasteiger partial charge is 0.338 e. The minimum absolute atomic E-state index is 0.0731. The molecule has 0 unspecified atom stereocenters. The van der Waals surface area contributed by atoms with Crippen molar-refractivity contribution in [2.24, 2.45) is 0 Å². The van der Waals surface area contributed by atoms with Gasteiger partial charge in [-0.05, 0) is 58.9 Å². The Kier molecular flexibility index (Phi) is 5.76. The molecule has 1 aromatic rings. The van der Waals surface area contributed by atoms with Crippen molar-refractivity contribution in [2.45, 2.75) is 46.3 Å². The van der Waals surface area contributed by atoms with Crippen molar-refractivity contribution in [2.75, 3.05) is 6.61 Å². The SMILES string of the molecule is CC(C)Oc1ccc(C(=O)OCC(=O)NC(C)(C)C)cc1. The Labute approximate surface area is 125 Å². The van der Waals surface area contributed by atoms with Crippen LogP contribution in [0.2, 0.25) is 0 Å². The van der Waals surface area contributed by atoms with E-state index in [1.807, 2.05) is 34.6 Å². The van der Waals surface area contributed by atoms with Crippen LogP contribution in [0.1, 0.15) is 45.0 Å². The second kappa shape index (κ2) is 7.11. The summed E-state index contributed by atoms with van der Waals surface area (Å²) in [4.78, 5) is 23.4. The molecular weight excluding hydrogens is 270 g/mol. The van der Waals surface area contributed by atoms with Crippen LogP contribution in [0, 0.1) is 0 Å². The Morgan fingerprint density at radius 2 is 1.71 bits per heavy atom. The van der Waals surface area contributed by atoms with Crippen LogP contribution in [-0.4, -0.2) is 30.1 Å². The highest BCUT2D eigenvalue weighted by molar-refractivity contribution is 5.91. The van der Waals surface area contributed by atoms with Gasteiger partial charge in [0.1, 0.15) is 5.75 Å². The summed E-state index contributed by atoms with van der Waals surface area (Å²) < 4.78 is 10.5. The third kappa shape index (κ3) is 6.79. The number of ether oxygens (including phenoxy) is 2. The highest BCUT2D eigenvalue weighted by atomic mass is 16.5. The number of hydrogen-bond donors (Lipinski definition) is 1. The molecule has 0 fully saturated rings. The van der Waals surface area contributed by atoms with E-state index in [1.54, 1.807) is 24.3 Å². The molecule has 0 atom stereocenters. The van der Waals surface area contributed by atoms with Gasteiger partial charge >= 0.3 is 5.97 Å². The summed E-state index contributed by atoms with van der Waals surface area (Å²) in [6, 6.07) is 6.63. The maximum absolute atomic E-state index is 11.8. The van der Waals surface area contributed by atoms with Crippen molar-refractivity contribution in [1.82, 2.24) is 5.32 Å². The van der Waals surface area contributed by atoms with Crippen molar-refractivity contribution in [3.8, 4) is 5.75 Å². The van der Waals surface area contributed by atoms with Crippen LogP contribution in [-0.2, 0) is 9.53 Å². The van der Waals surface area contributed by atoms with Gasteiger partial charge in [0.2, 0.25) is 0 Å². The normalized spacial score (nSPS) is 11.1. The van der Waals surface area contributed by atoms with Gasteiger partial charge in [-0.25, -0.2) is 4.79 Å². The molecule has 0 spiro atoms. The second-order valence-electron chi connectivity index (χ2n) is 6.07. The molecule has 116 valence electrons. The number of carbonyl (C=O) groups is 2. The number of benzene rings is 1. The van der Waals surface area contributed by atoms with Crippen LogP contribution >= 0.6 is 0 Å². The molecule has 1 amide bonds. The molecule has 21 heavy (non-hydrogen) atoms. The van der Waals surface area contributed by atoms with Gasteiger partial charge in [0.05, 0.1) is 11.7 Å². The van der Waals surface area contributed by atoms with Crippen molar-refractivity contribution in [3.05, 3.63) is 29.8 Å². The monoisotopic (exact) mass is 293 g/mol. The summed E-state index contributed by atoms with van der Waals surface area (Å²) in [7, 11) is 0. The van der Waals surface area contributed by atoms with Gasteiger partial charge < -0.3 is 14.8 Å². The van der Waals surface area contributed by atoms with E-state index >= 15 is 0 Å². The Bertz CT molecular complexity index is 486. The van der Waals surface area contributed by atoms with Gasteiger partial charge in [0, 0.05) is 5.54 Å². The van der Waals surface area contributed by atoms with Crippen LogP contribution < -0.4 is 10.1 Å². The first-order valence-electron chi connectivity index (χ1n) is 6.92. The zero-order chi connectivity index (χ0) is 16.0. The largest absolute Gasteiger partial charge is 0.491 e. The summed E-state index contributed by atoms with van der Waals surface area (Å²) in [5.74, 6) is -0.169. The first-order valence-corrected chi connectivity index (χ1v) is 6.92. The topological polar surface area (TPSA) is 64.6 Å². The van der Waals surface area contributed by atoms with Crippen molar-refractivity contribution >= 4 is 11.9 Å². The summed E-state index contributed by atoms with van der Waals surface area (Å²) >= 11 is 0. The minimum Gasteiger partial charge on any atom is -0.491 e. The fraction of sp³-hybridized carbons (Fsp3) is 0.500. The third-order valence-electron chi connectivity index (χ3n) is 2.31. The lowest BCUT2D eigenvalue weighted by atomic mass is 10.1. The summed E-state index contributed by atoms with van der Waals surface area (Å²) in [6.45, 7) is 9.15. The molecule has 1 N–H and O–H groups in total. The molecule has 5 nitrogen and oxygen atoms in total. The van der Waals surface area contributed by atoms with Crippen LogP contribution in [0.5, 0.6) is 5.75 Å². The summed E-state index contributed by atoms with van der Waals surface area (Å²) in [6.07, 6.45) is 0.0731. The zero-order valence-electron chi connectivity index (χ0n) is 13.2. The molecule has 0 aliphatic heterocycles. The predicted molar refractivity (Wildman–Crippen MR) is 80.4 cm³/mol. The van der Waals surface area contributed by atoms with Gasteiger partial charge in [0.15, 0.2) is 6.61 Å². The Balaban J connectivity index is 2.50. The quantitative estimate of drug-likeness (QED) is 0.847. The zero-order valence-corrected chi connectivity index (χ0v) is 13.2. The van der Waals surface area contributed by atoms with Crippen LogP contribution in [0.3, 0.4) is 0 Å². The lowest BCUT2D eigenvalue weighted by molar-refractivity contribution is -0.125. The molecule has 0 aromatic heterocycles. The number of carbonyl (C=O) groups excluding carboxylic acids is 2. The van der Waals surface area contributed by atoms with Gasteiger partial charge in [-0.2, -0.15) is 0 Å². The molecule has 5 heteroatoms. The first kappa shape index (κ1) is 17.0. The van der Waals surface area contributed by atoms with Crippen LogP contribution in [0.4, 0.5) is 0 Å². The molecule has 0 aliphatic carbocycles. The second-order valence-corrected chi connectivity index (χ2v) is 6.07. The number of nitrogens with one attached hydrogen (secondary N) is 1. The molecular formula is C16H23NO4. The van der Waals surface area contributed by atoms with E-state index in [4.69, 9.17) is 9.47 Å². The van der Waals surface area contributed by atoms with Gasteiger partial charge in [-0.1, -0.05) is 0 Å². The molecule has 0 bridgehead atoms. The molecule has 1 rings (SSSR count). The average molecular weight is 293 g/mol. The Hall–Kier alpha value is -2.04. The van der Waals surface area contributed by atoms with Crippen molar-refractivity contribution < 1.29 is 19.1 Å². The van der Waals surface area contributed by atoms with E-state index in [0.717, 1.165) is 0 Å². The lowest BCUT2D eigenvalue weighted by Crippen LogP contribution is -2.42. The van der Waals surface area contributed by atoms with E-state index in [0.29, 0.717) is 11.3 Å². The number of rotatable bonds is 5. The van der Waals surface area contributed by atoms with Gasteiger partial charge in [0.25, 0.3) is 5.91 Å². The van der Waals surface area contributed by atoms with Crippen LogP contribution in [0.25, 0.3) is 0 Å². The van der Waals surface area contributed by atoms with E-state index < -0.39 is 5.97 Å². The molecule has 0 saturated carbocycles. The molecule has 0 heterocycles. The summed E-state index contributed by atoms with van der Waals surface area (Å²) in [5.41, 5.74) is 0.0361. The highest BCUT2D eigenvalue weighted by Gasteiger charge is 2.16. The first-order chi connectivity index (χ1) is 9.67. The minimum atomic E-state index is -0.532. The fourth-order valence-electron chi connectivity index (χ4n) is 1.61. The Morgan fingerprint density at radius 3 is 2.19 bits per heavy atom. The van der Waals surface area contributed by atoms with E-state index in [-0.39, 0.29) is 24.2 Å². The van der Waals surface area contributed by atoms with Crippen LogP contribution in [0.15, 0.2) is 24.3 Å². The summed E-state index contributed by atoms with van der Waals surface area (Å²) in [5, 5.41) is 2.72. The van der Waals surface area contributed by atoms with Crippen molar-refractivity contribution in [1.29, 1.82) is 0 Å². The van der Waals surface area contributed by atoms with Gasteiger partial charge in [-0.15, -0.1) is 0 Å². The predicted octanol–water partition coefficient (Wildman–Crippen LogP) is 2.55. The lowest BCUT2D eigenvalue weighted by Gasteiger charge is -2.20. The third-order valence-corrected chi connectivity index (χ3v) is 2.31. The Morgan fingerprint density at radius 1 is 1.14 bits per heavy atom. The fourth-order valence-corrected chi connectivity index (χ4v) is 1.61. The maximum Gasteiger partial charge on any atom is 0.338 e. The van der Waals surface area contributed by atoms with Crippen molar-refractivity contribution in [3.63, 3.8) is 0 Å². The highest BCUT2D eigenvalue weighted by Crippen LogP contribution is 2.14. The maximum atomic E-state index is 11.8. The number of amides is 1. The number of esters is 1. The molecule has 1 aromatic carbocycles. The standard InChI is InChI=1S/C16H23NO4/c1-11(2)21-13-8-6-12(7-9-13)15(19)20-10-14(18)17-16(3,4)5/h6-9,11H,10H2,1-5H3,(H,17,18). The average Bonchev–Trinajstić information content (AvgIpc) is 2.34. The molecule has 0 radical (unpaired) electrons. The van der Waals surface area contributed by atoms with Gasteiger partial charge in [-0.3, -0.25) is 4.79 Å². The van der Waals surface area contributed by atoms with E-state index in [9.17, 15) is 9.59 Å². The molecule has 0 aliphatic rings. The molecule has 0 saturated heterocycles. The number of hydrogen-bond acceptors (Lipinski definition) is 4.